The molecule has 1 amide bonds. The van der Waals surface area contributed by atoms with Gasteiger partial charge in [-0.25, -0.2) is 0 Å². The maximum Gasteiger partial charge on any atom is 0.221 e. The van der Waals surface area contributed by atoms with Gasteiger partial charge in [0.05, 0.1) is 18.4 Å². The van der Waals surface area contributed by atoms with Crippen molar-refractivity contribution >= 4 is 45.7 Å². The summed E-state index contributed by atoms with van der Waals surface area (Å²) >= 11 is 1.35. The Morgan fingerprint density at radius 2 is 1.87 bits per heavy atom. The molecule has 0 aliphatic heterocycles. The molecule has 0 atom stereocenters. The van der Waals surface area contributed by atoms with E-state index in [9.17, 15) is 9.59 Å². The van der Waals surface area contributed by atoms with Crippen LogP contribution in [0.3, 0.4) is 0 Å². The van der Waals surface area contributed by atoms with Gasteiger partial charge in [0.2, 0.25) is 5.91 Å². The van der Waals surface area contributed by atoms with Crippen molar-refractivity contribution in [3.05, 3.63) is 59.7 Å². The molecule has 0 unspecified atom stereocenters. The van der Waals surface area contributed by atoms with Crippen molar-refractivity contribution < 1.29 is 14.3 Å². The fourth-order valence-electron chi connectivity index (χ4n) is 3.27. The number of carbonyl (C=O) groups excluding carboxylic acids is 2. The summed E-state index contributed by atoms with van der Waals surface area (Å²) in [5.74, 6) is 0.834. The summed E-state index contributed by atoms with van der Waals surface area (Å²) < 4.78 is 7.30. The molecule has 0 radical (unpaired) electrons. The number of hydrogen-bond donors (Lipinski definition) is 1. The number of fused-ring (bicyclic) bond motifs is 3. The number of benzene rings is 2. The van der Waals surface area contributed by atoms with Gasteiger partial charge in [-0.05, 0) is 61.0 Å². The molecule has 4 rings (SSSR count). The van der Waals surface area contributed by atoms with E-state index in [1.54, 1.807) is 31.4 Å². The second-order valence-electron chi connectivity index (χ2n) is 6.86. The molecule has 30 heavy (non-hydrogen) atoms. The molecule has 0 saturated heterocycles. The average Bonchev–Trinajstić information content (AvgIpc) is 3.16. The van der Waals surface area contributed by atoms with Crippen LogP contribution < -0.4 is 10.1 Å². The zero-order chi connectivity index (χ0) is 21.3. The number of amides is 1. The monoisotopic (exact) mass is 420 g/mol. The summed E-state index contributed by atoms with van der Waals surface area (Å²) in [7, 11) is 1.64. The topological polar surface area (TPSA) is 85.6 Å². The van der Waals surface area contributed by atoms with Gasteiger partial charge in [0.15, 0.2) is 16.6 Å². The molecule has 8 heteroatoms. The van der Waals surface area contributed by atoms with E-state index < -0.39 is 0 Å². The van der Waals surface area contributed by atoms with Gasteiger partial charge in [-0.15, -0.1) is 10.2 Å². The zero-order valence-electron chi connectivity index (χ0n) is 16.8. The highest BCUT2D eigenvalue weighted by Gasteiger charge is 2.15. The molecule has 2 heterocycles. The minimum atomic E-state index is -0.150. The quantitative estimate of drug-likeness (QED) is 0.373. The molecule has 2 aromatic heterocycles. The second-order valence-corrected chi connectivity index (χ2v) is 7.81. The lowest BCUT2D eigenvalue weighted by molar-refractivity contribution is -0.114. The summed E-state index contributed by atoms with van der Waals surface area (Å²) in [6.07, 6.45) is 0. The molecule has 7 nitrogen and oxygen atoms in total. The van der Waals surface area contributed by atoms with E-state index in [4.69, 9.17) is 4.74 Å². The van der Waals surface area contributed by atoms with Gasteiger partial charge < -0.3 is 10.1 Å². The van der Waals surface area contributed by atoms with Gasteiger partial charge in [0.1, 0.15) is 5.75 Å². The molecule has 0 saturated carbocycles. The Morgan fingerprint density at radius 1 is 1.10 bits per heavy atom. The fourth-order valence-corrected chi connectivity index (χ4v) is 4.11. The van der Waals surface area contributed by atoms with Crippen molar-refractivity contribution in [2.45, 2.75) is 19.0 Å². The van der Waals surface area contributed by atoms with Gasteiger partial charge in [-0.1, -0.05) is 11.8 Å². The Balaban J connectivity index is 1.59. The molecule has 2 aromatic carbocycles. The number of nitrogens with one attached hydrogen (secondary N) is 1. The SMILES string of the molecule is COc1ccc2c(c1)cc(C)c1nnc(SCC(=O)c3ccc(NC(C)=O)cc3)n12. The molecule has 1 N–H and O–H groups in total. The van der Waals surface area contributed by atoms with Gasteiger partial charge in [0, 0.05) is 23.6 Å². The minimum absolute atomic E-state index is 0.0234. The number of methoxy groups -OCH3 is 1. The first kappa shape index (κ1) is 19.9. The van der Waals surface area contributed by atoms with Crippen molar-refractivity contribution in [2.75, 3.05) is 18.2 Å². The van der Waals surface area contributed by atoms with E-state index >= 15 is 0 Å². The van der Waals surface area contributed by atoms with Gasteiger partial charge in [0.25, 0.3) is 0 Å². The first-order valence-corrected chi connectivity index (χ1v) is 10.3. The van der Waals surface area contributed by atoms with Crippen LogP contribution in [0, 0.1) is 6.92 Å². The van der Waals surface area contributed by atoms with E-state index in [2.05, 4.69) is 21.6 Å². The van der Waals surface area contributed by atoms with Crippen molar-refractivity contribution in [2.24, 2.45) is 0 Å². The molecule has 0 aliphatic rings. The Kier molecular flexibility index (Phi) is 5.41. The van der Waals surface area contributed by atoms with Crippen LogP contribution >= 0.6 is 11.8 Å². The van der Waals surface area contributed by atoms with E-state index in [0.717, 1.165) is 27.9 Å². The molecule has 4 aromatic rings. The smallest absolute Gasteiger partial charge is 0.221 e. The van der Waals surface area contributed by atoms with Crippen molar-refractivity contribution in [3.8, 4) is 5.75 Å². The lowest BCUT2D eigenvalue weighted by atomic mass is 10.1. The van der Waals surface area contributed by atoms with Crippen molar-refractivity contribution in [1.29, 1.82) is 0 Å². The van der Waals surface area contributed by atoms with E-state index in [1.165, 1.54) is 18.7 Å². The number of aromatic nitrogens is 3. The van der Waals surface area contributed by atoms with Crippen LogP contribution in [-0.4, -0.2) is 39.2 Å². The third kappa shape index (κ3) is 3.86. The number of anilines is 1. The van der Waals surface area contributed by atoms with Crippen LogP contribution in [0.4, 0.5) is 5.69 Å². The zero-order valence-corrected chi connectivity index (χ0v) is 17.6. The van der Waals surface area contributed by atoms with Crippen molar-refractivity contribution in [3.63, 3.8) is 0 Å². The highest BCUT2D eigenvalue weighted by molar-refractivity contribution is 7.99. The molecule has 0 aliphatic carbocycles. The number of rotatable bonds is 6. The molecule has 0 bridgehead atoms. The predicted molar refractivity (Wildman–Crippen MR) is 118 cm³/mol. The minimum Gasteiger partial charge on any atom is -0.497 e. The third-order valence-electron chi connectivity index (χ3n) is 4.69. The Labute approximate surface area is 177 Å². The summed E-state index contributed by atoms with van der Waals surface area (Å²) in [4.78, 5) is 23.8. The maximum atomic E-state index is 12.6. The highest BCUT2D eigenvalue weighted by atomic mass is 32.2. The average molecular weight is 420 g/mol. The highest BCUT2D eigenvalue weighted by Crippen LogP contribution is 2.28. The Bertz CT molecular complexity index is 1270. The molecule has 0 fully saturated rings. The third-order valence-corrected chi connectivity index (χ3v) is 5.62. The summed E-state index contributed by atoms with van der Waals surface area (Å²) in [5.41, 5.74) is 3.96. The van der Waals surface area contributed by atoms with Crippen molar-refractivity contribution in [1.82, 2.24) is 14.6 Å². The molecular formula is C22H20N4O3S. The van der Waals surface area contributed by atoms with Crippen LogP contribution in [0.1, 0.15) is 22.8 Å². The number of hydrogen-bond acceptors (Lipinski definition) is 6. The van der Waals surface area contributed by atoms with Gasteiger partial charge >= 0.3 is 0 Å². The Hall–Kier alpha value is -3.39. The normalized spacial score (nSPS) is 11.0. The second kappa shape index (κ2) is 8.16. The van der Waals surface area contributed by atoms with E-state index in [1.807, 2.05) is 29.5 Å². The van der Waals surface area contributed by atoms with Gasteiger partial charge in [-0.2, -0.15) is 0 Å². The maximum absolute atomic E-state index is 12.6. The van der Waals surface area contributed by atoms with Crippen LogP contribution in [0.15, 0.2) is 53.7 Å². The number of nitrogens with zero attached hydrogens (tertiary/aromatic N) is 3. The van der Waals surface area contributed by atoms with E-state index in [0.29, 0.717) is 16.4 Å². The summed E-state index contributed by atoms with van der Waals surface area (Å²) in [6.45, 7) is 3.43. The summed E-state index contributed by atoms with van der Waals surface area (Å²) in [5, 5.41) is 13.0. The number of Topliss-reactive ketones (excluding diaryl/α,β-unsaturated/α-hetero) is 1. The number of pyridine rings is 1. The lowest BCUT2D eigenvalue weighted by Crippen LogP contribution is -2.07. The van der Waals surface area contributed by atoms with Crippen LogP contribution in [0.5, 0.6) is 5.75 Å². The first-order chi connectivity index (χ1) is 14.5. The van der Waals surface area contributed by atoms with Crippen LogP contribution in [0.25, 0.3) is 16.6 Å². The standard InChI is InChI=1S/C22H20N4O3S/c1-13-10-16-11-18(29-3)8-9-19(16)26-21(13)24-25-22(26)30-12-20(28)15-4-6-17(7-5-15)23-14(2)27/h4-11H,12H2,1-3H3,(H,23,27). The number of aryl methyl sites for hydroxylation is 1. The molecular weight excluding hydrogens is 400 g/mol. The number of ketones is 1. The first-order valence-electron chi connectivity index (χ1n) is 9.32. The van der Waals surface area contributed by atoms with Crippen LogP contribution in [-0.2, 0) is 4.79 Å². The lowest BCUT2D eigenvalue weighted by Gasteiger charge is -2.08. The number of carbonyl (C=O) groups is 2. The van der Waals surface area contributed by atoms with E-state index in [-0.39, 0.29) is 17.4 Å². The Morgan fingerprint density at radius 3 is 2.57 bits per heavy atom. The fraction of sp³-hybridized carbons (Fsp3) is 0.182. The summed E-state index contributed by atoms with van der Waals surface area (Å²) in [6, 6.07) is 14.7. The van der Waals surface area contributed by atoms with Crippen LogP contribution in [0.2, 0.25) is 0 Å². The predicted octanol–water partition coefficient (Wildman–Crippen LogP) is 4.13. The van der Waals surface area contributed by atoms with Gasteiger partial charge in [-0.3, -0.25) is 14.0 Å². The molecule has 152 valence electrons. The number of ether oxygens (including phenoxy) is 1. The molecule has 0 spiro atoms. The largest absolute Gasteiger partial charge is 0.497 e. The number of thioether (sulfide) groups is 1.